The summed E-state index contributed by atoms with van der Waals surface area (Å²) in [6.07, 6.45) is 1.81. The van der Waals surface area contributed by atoms with Crippen molar-refractivity contribution in [3.8, 4) is 11.5 Å². The third-order valence-corrected chi connectivity index (χ3v) is 7.13. The van der Waals surface area contributed by atoms with E-state index < -0.39 is 12.6 Å². The highest BCUT2D eigenvalue weighted by molar-refractivity contribution is 14.1. The standard InChI is InChI=1S/C28H25IN2O5S/c1-2-35-23-14-21(13-22(29)26(23)36-18-25(32)33)15-24-27(34)31(17-20-11-7-4-8-12-20)28(37-24)30-16-19-9-5-3-6-10-19/h3-15H,2,16-18H2,1H3,(H,32,33)/b24-15+,30-28?. The monoisotopic (exact) mass is 628 g/mol. The number of benzene rings is 3. The maximum absolute atomic E-state index is 13.5. The molecule has 1 aliphatic heterocycles. The Bertz CT molecular complexity index is 1330. The molecule has 0 radical (unpaired) electrons. The van der Waals surface area contributed by atoms with Crippen LogP contribution in [0.4, 0.5) is 0 Å². The quantitative estimate of drug-likeness (QED) is 0.225. The van der Waals surface area contributed by atoms with Gasteiger partial charge in [0, 0.05) is 0 Å². The van der Waals surface area contributed by atoms with Gasteiger partial charge < -0.3 is 14.6 Å². The van der Waals surface area contributed by atoms with E-state index in [0.717, 1.165) is 16.7 Å². The molecule has 190 valence electrons. The fourth-order valence-corrected chi connectivity index (χ4v) is 5.39. The highest BCUT2D eigenvalue weighted by atomic mass is 127. The molecule has 37 heavy (non-hydrogen) atoms. The van der Waals surface area contributed by atoms with Crippen molar-refractivity contribution in [2.45, 2.75) is 20.0 Å². The largest absolute Gasteiger partial charge is 0.490 e. The van der Waals surface area contributed by atoms with E-state index in [1.54, 1.807) is 11.0 Å². The summed E-state index contributed by atoms with van der Waals surface area (Å²) < 4.78 is 11.8. The molecule has 0 spiro atoms. The lowest BCUT2D eigenvalue weighted by atomic mass is 10.1. The van der Waals surface area contributed by atoms with Gasteiger partial charge in [0.25, 0.3) is 5.91 Å². The number of thioether (sulfide) groups is 1. The van der Waals surface area contributed by atoms with Crippen LogP contribution in [0.3, 0.4) is 0 Å². The van der Waals surface area contributed by atoms with Crippen LogP contribution in [0.1, 0.15) is 23.6 Å². The van der Waals surface area contributed by atoms with Gasteiger partial charge in [-0.2, -0.15) is 0 Å². The van der Waals surface area contributed by atoms with Gasteiger partial charge in [-0.15, -0.1) is 0 Å². The summed E-state index contributed by atoms with van der Waals surface area (Å²) in [5.41, 5.74) is 2.82. The summed E-state index contributed by atoms with van der Waals surface area (Å²) in [5.74, 6) is -0.400. The van der Waals surface area contributed by atoms with Gasteiger partial charge in [-0.05, 0) is 76.2 Å². The predicted octanol–water partition coefficient (Wildman–Crippen LogP) is 5.83. The molecule has 0 aromatic heterocycles. The molecule has 1 saturated heterocycles. The van der Waals surface area contributed by atoms with Crippen LogP contribution in [0, 0.1) is 3.57 Å². The van der Waals surface area contributed by atoms with Crippen LogP contribution in [0.5, 0.6) is 11.5 Å². The van der Waals surface area contributed by atoms with Gasteiger partial charge in [0.15, 0.2) is 23.3 Å². The lowest BCUT2D eigenvalue weighted by Crippen LogP contribution is -2.28. The van der Waals surface area contributed by atoms with E-state index in [1.807, 2.05) is 79.7 Å². The summed E-state index contributed by atoms with van der Waals surface area (Å²) in [6, 6.07) is 23.3. The summed E-state index contributed by atoms with van der Waals surface area (Å²) in [6.45, 7) is 2.64. The number of nitrogens with zero attached hydrogens (tertiary/aromatic N) is 2. The zero-order chi connectivity index (χ0) is 26.2. The van der Waals surface area contributed by atoms with Crippen molar-refractivity contribution in [1.82, 2.24) is 4.90 Å². The number of amidine groups is 1. The Morgan fingerprint density at radius 3 is 2.38 bits per heavy atom. The molecule has 4 rings (SSSR count). The number of hydrogen-bond donors (Lipinski definition) is 1. The number of ether oxygens (including phenoxy) is 2. The topological polar surface area (TPSA) is 88.4 Å². The fraction of sp³-hybridized carbons (Fsp3) is 0.179. The van der Waals surface area contributed by atoms with Crippen LogP contribution >= 0.6 is 34.4 Å². The number of amides is 1. The van der Waals surface area contributed by atoms with Crippen LogP contribution < -0.4 is 9.47 Å². The molecule has 7 nitrogen and oxygen atoms in total. The zero-order valence-electron chi connectivity index (χ0n) is 20.1. The molecule has 0 saturated carbocycles. The Balaban J connectivity index is 1.65. The van der Waals surface area contributed by atoms with Gasteiger partial charge in [0.2, 0.25) is 0 Å². The Kier molecular flexibility index (Phi) is 9.24. The Morgan fingerprint density at radius 2 is 1.73 bits per heavy atom. The Hall–Kier alpha value is -3.31. The normalized spacial score (nSPS) is 15.4. The van der Waals surface area contributed by atoms with E-state index in [2.05, 4.69) is 22.6 Å². The highest BCUT2D eigenvalue weighted by Gasteiger charge is 2.33. The first-order valence-electron chi connectivity index (χ1n) is 11.6. The third-order valence-electron chi connectivity index (χ3n) is 5.28. The molecule has 3 aromatic rings. The summed E-state index contributed by atoms with van der Waals surface area (Å²) in [7, 11) is 0. The van der Waals surface area contributed by atoms with E-state index >= 15 is 0 Å². The second-order valence-electron chi connectivity index (χ2n) is 8.02. The number of hydrogen-bond acceptors (Lipinski definition) is 6. The average molecular weight is 628 g/mol. The zero-order valence-corrected chi connectivity index (χ0v) is 23.1. The smallest absolute Gasteiger partial charge is 0.341 e. The molecule has 1 N–H and O–H groups in total. The lowest BCUT2D eigenvalue weighted by Gasteiger charge is -2.16. The van der Waals surface area contributed by atoms with Crippen molar-refractivity contribution in [2.75, 3.05) is 13.2 Å². The number of aliphatic carboxylic acids is 1. The van der Waals surface area contributed by atoms with E-state index in [1.165, 1.54) is 11.8 Å². The molecule has 0 unspecified atom stereocenters. The van der Waals surface area contributed by atoms with E-state index in [4.69, 9.17) is 19.6 Å². The first-order chi connectivity index (χ1) is 17.9. The molecule has 1 heterocycles. The summed E-state index contributed by atoms with van der Waals surface area (Å²) in [4.78, 5) is 31.5. The van der Waals surface area contributed by atoms with Gasteiger partial charge in [-0.25, -0.2) is 4.79 Å². The molecule has 1 aliphatic rings. The first kappa shape index (κ1) is 26.7. The van der Waals surface area contributed by atoms with Crippen molar-refractivity contribution in [3.63, 3.8) is 0 Å². The maximum Gasteiger partial charge on any atom is 0.341 e. The van der Waals surface area contributed by atoms with Gasteiger partial charge in [0.1, 0.15) is 0 Å². The van der Waals surface area contributed by atoms with Crippen molar-refractivity contribution in [2.24, 2.45) is 4.99 Å². The summed E-state index contributed by atoms with van der Waals surface area (Å²) in [5, 5.41) is 9.64. The van der Waals surface area contributed by atoms with Crippen LogP contribution in [0.25, 0.3) is 6.08 Å². The molecule has 0 bridgehead atoms. The van der Waals surface area contributed by atoms with Gasteiger partial charge >= 0.3 is 5.97 Å². The number of carboxylic acids is 1. The van der Waals surface area contributed by atoms with Gasteiger partial charge in [-0.3, -0.25) is 14.7 Å². The highest BCUT2D eigenvalue weighted by Crippen LogP contribution is 2.38. The Morgan fingerprint density at radius 1 is 1.05 bits per heavy atom. The number of carboxylic acid groups (broad SMARTS) is 1. The second kappa shape index (κ2) is 12.8. The SMILES string of the molecule is CCOc1cc(/C=C2/SC(=NCc3ccccc3)N(Cc3ccccc3)C2=O)cc(I)c1OCC(=O)O. The molecule has 0 aliphatic carbocycles. The van der Waals surface area contributed by atoms with Crippen molar-refractivity contribution in [1.29, 1.82) is 0 Å². The Labute approximate surface area is 233 Å². The minimum absolute atomic E-state index is 0.125. The van der Waals surface area contributed by atoms with Gasteiger partial charge in [0.05, 0.1) is 28.2 Å². The minimum atomic E-state index is -1.07. The van der Waals surface area contributed by atoms with Crippen molar-refractivity contribution in [3.05, 3.63) is 98.0 Å². The maximum atomic E-state index is 13.5. The number of carbonyl (C=O) groups is 2. The number of rotatable bonds is 10. The van der Waals surface area contributed by atoms with Crippen LogP contribution in [0.2, 0.25) is 0 Å². The molecular weight excluding hydrogens is 603 g/mol. The molecule has 0 atom stereocenters. The van der Waals surface area contributed by atoms with E-state index in [0.29, 0.717) is 44.8 Å². The third kappa shape index (κ3) is 7.14. The van der Waals surface area contributed by atoms with Gasteiger partial charge in [-0.1, -0.05) is 60.7 Å². The van der Waals surface area contributed by atoms with Crippen molar-refractivity contribution >= 4 is 57.5 Å². The minimum Gasteiger partial charge on any atom is -0.490 e. The number of carbonyl (C=O) groups excluding carboxylic acids is 1. The van der Waals surface area contributed by atoms with Crippen molar-refractivity contribution < 1.29 is 24.2 Å². The van der Waals surface area contributed by atoms with Crippen LogP contribution in [-0.4, -0.2) is 40.3 Å². The summed E-state index contributed by atoms with van der Waals surface area (Å²) >= 11 is 3.42. The fourth-order valence-electron chi connectivity index (χ4n) is 3.63. The molecule has 3 aromatic carbocycles. The first-order valence-corrected chi connectivity index (χ1v) is 13.5. The second-order valence-corrected chi connectivity index (χ2v) is 10.2. The van der Waals surface area contributed by atoms with Crippen LogP contribution in [-0.2, 0) is 22.7 Å². The number of aliphatic imine (C=N–C) groups is 1. The molecule has 9 heteroatoms. The van der Waals surface area contributed by atoms with E-state index in [9.17, 15) is 9.59 Å². The average Bonchev–Trinajstić information content (AvgIpc) is 3.17. The molecule has 1 amide bonds. The predicted molar refractivity (Wildman–Crippen MR) is 154 cm³/mol. The molecular formula is C28H25IN2O5S. The number of halogens is 1. The lowest BCUT2D eigenvalue weighted by molar-refractivity contribution is -0.139. The molecule has 1 fully saturated rings. The van der Waals surface area contributed by atoms with Crippen LogP contribution in [0.15, 0.2) is 82.7 Å². The van der Waals surface area contributed by atoms with E-state index in [-0.39, 0.29) is 5.91 Å².